The fourth-order valence-electron chi connectivity index (χ4n) is 4.95. The molecule has 1 saturated heterocycles. The molecule has 2 aliphatic rings. The van der Waals surface area contributed by atoms with E-state index in [2.05, 4.69) is 20.2 Å². The van der Waals surface area contributed by atoms with Gasteiger partial charge in [-0.15, -0.1) is 0 Å². The Hall–Kier alpha value is -2.72. The number of rotatable bonds is 6. The maximum atomic E-state index is 14.5. The topological polar surface area (TPSA) is 100.0 Å². The third kappa shape index (κ3) is 4.99. The lowest BCUT2D eigenvalue weighted by molar-refractivity contribution is 0.0572. The molecule has 1 aliphatic heterocycles. The Kier molecular flexibility index (Phi) is 6.93. The first-order valence-corrected chi connectivity index (χ1v) is 12.1. The molecule has 5 rings (SSSR count). The molecule has 2 heterocycles. The van der Waals surface area contributed by atoms with Gasteiger partial charge in [0.05, 0.1) is 41.6 Å². The van der Waals surface area contributed by atoms with Gasteiger partial charge in [0.1, 0.15) is 12.1 Å². The van der Waals surface area contributed by atoms with E-state index in [1.165, 1.54) is 12.4 Å². The Morgan fingerprint density at radius 3 is 2.51 bits per heavy atom. The lowest BCUT2D eigenvalue weighted by atomic mass is 9.92. The highest BCUT2D eigenvalue weighted by Crippen LogP contribution is 2.38. The number of β-amino-alcohol motifs (C(OH)–C–C–N with tert-alkyl or cyclic N) is 2. The smallest absolute Gasteiger partial charge is 0.165 e. The van der Waals surface area contributed by atoms with Crippen LogP contribution in [0.4, 0.5) is 15.9 Å². The van der Waals surface area contributed by atoms with Crippen LogP contribution in [-0.4, -0.2) is 69.6 Å². The van der Waals surface area contributed by atoms with Crippen LogP contribution in [0.2, 0.25) is 5.02 Å². The van der Waals surface area contributed by atoms with Gasteiger partial charge in [-0.05, 0) is 43.9 Å². The van der Waals surface area contributed by atoms with Crippen LogP contribution in [-0.2, 0) is 0 Å². The first kappa shape index (κ1) is 24.0. The molecule has 0 bridgehead atoms. The van der Waals surface area contributed by atoms with Crippen LogP contribution >= 0.6 is 11.6 Å². The van der Waals surface area contributed by atoms with Gasteiger partial charge >= 0.3 is 0 Å². The molecule has 1 aromatic heterocycles. The molecule has 3 N–H and O–H groups in total. The molecule has 3 aromatic rings. The number of ether oxygens (including phenoxy) is 2. The van der Waals surface area contributed by atoms with E-state index in [0.717, 1.165) is 25.7 Å². The predicted octanol–water partition coefficient (Wildman–Crippen LogP) is 3.90. The van der Waals surface area contributed by atoms with Crippen molar-refractivity contribution in [3.05, 3.63) is 47.5 Å². The number of hydrogen-bond acceptors (Lipinski definition) is 8. The highest BCUT2D eigenvalue weighted by Gasteiger charge is 2.36. The van der Waals surface area contributed by atoms with Gasteiger partial charge in [0, 0.05) is 30.6 Å². The SMILES string of the molecule is COc1cc2ncnc(Nc3cccc(Cl)c3F)c2cc1O[C@H]1CC[C@H](N2C[C@H](O)[C@@H](O)C2)CC1. The Bertz CT molecular complexity index is 1200. The molecule has 0 radical (unpaired) electrons. The minimum absolute atomic E-state index is 0.00136. The maximum absolute atomic E-state index is 14.5. The van der Waals surface area contributed by atoms with Crippen molar-refractivity contribution >= 4 is 34.0 Å². The third-order valence-electron chi connectivity index (χ3n) is 6.87. The summed E-state index contributed by atoms with van der Waals surface area (Å²) in [5, 5.41) is 23.4. The van der Waals surface area contributed by atoms with Crippen molar-refractivity contribution in [3.63, 3.8) is 0 Å². The number of aliphatic hydroxyl groups is 2. The maximum Gasteiger partial charge on any atom is 0.165 e. The van der Waals surface area contributed by atoms with E-state index in [0.29, 0.717) is 47.4 Å². The first-order valence-electron chi connectivity index (χ1n) is 11.7. The summed E-state index contributed by atoms with van der Waals surface area (Å²) in [6.45, 7) is 1.03. The van der Waals surface area contributed by atoms with Crippen molar-refractivity contribution in [1.82, 2.24) is 14.9 Å². The van der Waals surface area contributed by atoms with Crippen molar-refractivity contribution < 1.29 is 24.1 Å². The summed E-state index contributed by atoms with van der Waals surface area (Å²) in [5.41, 5.74) is 0.843. The second kappa shape index (κ2) is 10.1. The van der Waals surface area contributed by atoms with Crippen LogP contribution in [0.5, 0.6) is 11.5 Å². The molecule has 35 heavy (non-hydrogen) atoms. The number of nitrogens with zero attached hydrogens (tertiary/aromatic N) is 3. The van der Waals surface area contributed by atoms with Gasteiger partial charge in [0.2, 0.25) is 0 Å². The molecular formula is C25H28ClFN4O4. The van der Waals surface area contributed by atoms with Crippen LogP contribution in [0.3, 0.4) is 0 Å². The van der Waals surface area contributed by atoms with Gasteiger partial charge in [-0.25, -0.2) is 14.4 Å². The Balaban J connectivity index is 1.34. The summed E-state index contributed by atoms with van der Waals surface area (Å²) in [5.74, 6) is 1.00. The number of methoxy groups -OCH3 is 1. The number of nitrogens with one attached hydrogen (secondary N) is 1. The normalized spacial score (nSPS) is 25.1. The molecule has 10 heteroatoms. The molecule has 186 valence electrons. The zero-order valence-electron chi connectivity index (χ0n) is 19.3. The molecule has 2 aromatic carbocycles. The van der Waals surface area contributed by atoms with Gasteiger partial charge in [-0.3, -0.25) is 4.90 Å². The zero-order chi connectivity index (χ0) is 24.5. The standard InChI is InChI=1S/C25H28ClFN4O4/c1-34-22-10-19-16(25(29-13-28-19)30-18-4-2-3-17(26)24(18)27)9-23(22)35-15-7-5-14(6-8-15)31-11-20(32)21(33)12-31/h2-4,9-10,13-15,20-21,32-33H,5-8,11-12H2,1H3,(H,28,29,30)/t14-,15-,20-,21-/m0/s1. The van der Waals surface area contributed by atoms with Gasteiger partial charge in [-0.1, -0.05) is 17.7 Å². The number of fused-ring (bicyclic) bond motifs is 1. The summed E-state index contributed by atoms with van der Waals surface area (Å²) in [6.07, 6.45) is 3.60. The number of anilines is 2. The molecule has 8 nitrogen and oxygen atoms in total. The van der Waals surface area contributed by atoms with E-state index in [1.54, 1.807) is 25.3 Å². The summed E-state index contributed by atoms with van der Waals surface area (Å²) in [6, 6.07) is 8.67. The minimum Gasteiger partial charge on any atom is -0.493 e. The number of aliphatic hydroxyl groups excluding tert-OH is 2. The van der Waals surface area contributed by atoms with Crippen LogP contribution in [0.1, 0.15) is 25.7 Å². The molecule has 0 unspecified atom stereocenters. The van der Waals surface area contributed by atoms with E-state index in [1.807, 2.05) is 6.07 Å². The molecule has 1 aliphatic carbocycles. The van der Waals surface area contributed by atoms with Crippen molar-refractivity contribution in [2.24, 2.45) is 0 Å². The molecule has 0 spiro atoms. The second-order valence-electron chi connectivity index (χ2n) is 9.11. The average molecular weight is 503 g/mol. The molecule has 2 atom stereocenters. The van der Waals surface area contributed by atoms with E-state index in [-0.39, 0.29) is 16.8 Å². The Labute approximate surface area is 207 Å². The van der Waals surface area contributed by atoms with E-state index in [4.69, 9.17) is 21.1 Å². The van der Waals surface area contributed by atoms with E-state index in [9.17, 15) is 14.6 Å². The largest absolute Gasteiger partial charge is 0.493 e. The van der Waals surface area contributed by atoms with Crippen LogP contribution in [0.25, 0.3) is 10.9 Å². The average Bonchev–Trinajstić information content (AvgIpc) is 3.20. The molecular weight excluding hydrogens is 475 g/mol. The van der Waals surface area contributed by atoms with Crippen molar-refractivity contribution in [2.45, 2.75) is 50.0 Å². The number of benzene rings is 2. The summed E-state index contributed by atoms with van der Waals surface area (Å²) in [4.78, 5) is 10.8. The van der Waals surface area contributed by atoms with E-state index < -0.39 is 18.0 Å². The highest BCUT2D eigenvalue weighted by atomic mass is 35.5. The number of halogens is 2. The number of likely N-dealkylation sites (tertiary alicyclic amines) is 1. The molecule has 0 amide bonds. The predicted molar refractivity (Wildman–Crippen MR) is 131 cm³/mol. The lowest BCUT2D eigenvalue weighted by Gasteiger charge is -2.34. The fraction of sp³-hybridized carbons (Fsp3) is 0.440. The third-order valence-corrected chi connectivity index (χ3v) is 7.16. The number of hydrogen-bond donors (Lipinski definition) is 3. The van der Waals surface area contributed by atoms with Crippen LogP contribution < -0.4 is 14.8 Å². The van der Waals surface area contributed by atoms with Gasteiger partial charge in [0.25, 0.3) is 0 Å². The highest BCUT2D eigenvalue weighted by molar-refractivity contribution is 6.31. The monoisotopic (exact) mass is 502 g/mol. The van der Waals surface area contributed by atoms with Gasteiger partial charge < -0.3 is 25.0 Å². The van der Waals surface area contributed by atoms with Crippen LogP contribution in [0, 0.1) is 5.82 Å². The second-order valence-corrected chi connectivity index (χ2v) is 9.51. The zero-order valence-corrected chi connectivity index (χ0v) is 20.1. The first-order chi connectivity index (χ1) is 16.9. The van der Waals surface area contributed by atoms with Crippen molar-refractivity contribution in [3.8, 4) is 11.5 Å². The van der Waals surface area contributed by atoms with Gasteiger partial charge in [0.15, 0.2) is 17.3 Å². The summed E-state index contributed by atoms with van der Waals surface area (Å²) >= 11 is 5.93. The summed E-state index contributed by atoms with van der Waals surface area (Å²) < 4.78 is 26.4. The summed E-state index contributed by atoms with van der Waals surface area (Å²) in [7, 11) is 1.58. The van der Waals surface area contributed by atoms with Crippen molar-refractivity contribution in [2.75, 3.05) is 25.5 Å². The minimum atomic E-state index is -0.670. The number of aromatic nitrogens is 2. The Morgan fingerprint density at radius 2 is 1.80 bits per heavy atom. The molecule has 1 saturated carbocycles. The lowest BCUT2D eigenvalue weighted by Crippen LogP contribution is -2.39. The fourth-order valence-corrected chi connectivity index (χ4v) is 5.12. The van der Waals surface area contributed by atoms with Gasteiger partial charge in [-0.2, -0.15) is 0 Å². The molecule has 2 fully saturated rings. The Morgan fingerprint density at radius 1 is 1.06 bits per heavy atom. The van der Waals surface area contributed by atoms with Crippen LogP contribution in [0.15, 0.2) is 36.7 Å². The quantitative estimate of drug-likeness (QED) is 0.466. The van der Waals surface area contributed by atoms with Crippen molar-refractivity contribution in [1.29, 1.82) is 0 Å². The van der Waals surface area contributed by atoms with E-state index >= 15 is 0 Å².